The molecule has 0 aliphatic carbocycles. The molecule has 0 radical (unpaired) electrons. The molecule has 0 saturated carbocycles. The fraction of sp³-hybridized carbons (Fsp3) is 0.600. The lowest BCUT2D eigenvalue weighted by molar-refractivity contribution is 0.254. The second-order valence-corrected chi connectivity index (χ2v) is 7.32. The zero-order valence-electron chi connectivity index (χ0n) is 12.7. The zero-order valence-corrected chi connectivity index (χ0v) is 13.5. The van der Waals surface area contributed by atoms with Crippen LogP contribution >= 0.6 is 0 Å². The summed E-state index contributed by atoms with van der Waals surface area (Å²) in [5, 5.41) is 0. The van der Waals surface area contributed by atoms with E-state index in [0.29, 0.717) is 12.6 Å². The van der Waals surface area contributed by atoms with Crippen LogP contribution in [-0.4, -0.2) is 46.3 Å². The zero-order chi connectivity index (χ0) is 15.3. The topological polar surface area (TPSA) is 58.6 Å². The van der Waals surface area contributed by atoms with E-state index in [0.717, 1.165) is 31.7 Å². The van der Waals surface area contributed by atoms with Gasteiger partial charge in [0.05, 0.1) is 13.4 Å². The van der Waals surface area contributed by atoms with Crippen LogP contribution in [0.3, 0.4) is 0 Å². The predicted molar refractivity (Wildman–Crippen MR) is 84.0 cm³/mol. The van der Waals surface area contributed by atoms with Crippen LogP contribution in [0.15, 0.2) is 24.3 Å². The molecule has 1 heterocycles. The minimum atomic E-state index is -3.08. The Bertz CT molecular complexity index is 560. The van der Waals surface area contributed by atoms with Gasteiger partial charge in [0.2, 0.25) is 10.0 Å². The molecular formula is C15H24N2O3S. The fourth-order valence-corrected chi connectivity index (χ4v) is 3.37. The van der Waals surface area contributed by atoms with E-state index in [1.54, 1.807) is 7.11 Å². The second-order valence-electron chi connectivity index (χ2n) is 5.49. The van der Waals surface area contributed by atoms with Crippen LogP contribution in [0.25, 0.3) is 0 Å². The molecule has 0 aromatic heterocycles. The highest BCUT2D eigenvalue weighted by Gasteiger charge is 2.25. The first-order valence-corrected chi connectivity index (χ1v) is 9.21. The van der Waals surface area contributed by atoms with Gasteiger partial charge in [0.1, 0.15) is 5.75 Å². The highest BCUT2D eigenvalue weighted by atomic mass is 32.2. The molecule has 6 heteroatoms. The lowest BCUT2D eigenvalue weighted by atomic mass is 10.0. The summed E-state index contributed by atoms with van der Waals surface area (Å²) >= 11 is 0. The summed E-state index contributed by atoms with van der Waals surface area (Å²) in [7, 11) is -1.40. The van der Waals surface area contributed by atoms with Gasteiger partial charge in [0, 0.05) is 12.6 Å². The fourth-order valence-electron chi connectivity index (χ4n) is 2.86. The van der Waals surface area contributed by atoms with Crippen molar-refractivity contribution in [3.05, 3.63) is 29.8 Å². The van der Waals surface area contributed by atoms with E-state index in [4.69, 9.17) is 4.74 Å². The van der Waals surface area contributed by atoms with E-state index >= 15 is 0 Å². The van der Waals surface area contributed by atoms with Crippen molar-refractivity contribution in [2.75, 3.05) is 33.0 Å². The van der Waals surface area contributed by atoms with Gasteiger partial charge in [-0.1, -0.05) is 12.1 Å². The molecule has 1 aromatic rings. The highest BCUT2D eigenvalue weighted by molar-refractivity contribution is 7.88. The Kier molecular flexibility index (Phi) is 5.61. The van der Waals surface area contributed by atoms with Crippen molar-refractivity contribution >= 4 is 10.0 Å². The normalized spacial score (nSPS) is 19.8. The Morgan fingerprint density at radius 1 is 1.43 bits per heavy atom. The standard InChI is InChI=1S/C15H24N2O3S/c1-20-14-7-3-6-13(12-14)15-8-4-10-17(15)11-5-9-16-21(2,18)19/h3,6-7,12,15-16H,4-5,8-11H2,1-2H3. The SMILES string of the molecule is COc1cccc(C2CCCN2CCCNS(C)(=O)=O)c1. The van der Waals surface area contributed by atoms with E-state index in [-0.39, 0.29) is 0 Å². The first-order valence-electron chi connectivity index (χ1n) is 7.32. The molecule has 1 aliphatic rings. The van der Waals surface area contributed by atoms with Crippen LogP contribution < -0.4 is 9.46 Å². The summed E-state index contributed by atoms with van der Waals surface area (Å²) in [5.74, 6) is 0.887. The summed E-state index contributed by atoms with van der Waals surface area (Å²) in [6.07, 6.45) is 4.35. The number of sulfonamides is 1. The number of methoxy groups -OCH3 is 1. The van der Waals surface area contributed by atoms with Gasteiger partial charge in [-0.15, -0.1) is 0 Å². The number of ether oxygens (including phenoxy) is 1. The second kappa shape index (κ2) is 7.24. The van der Waals surface area contributed by atoms with Crippen molar-refractivity contribution < 1.29 is 13.2 Å². The van der Waals surface area contributed by atoms with Gasteiger partial charge in [-0.2, -0.15) is 0 Å². The minimum absolute atomic E-state index is 0.415. The van der Waals surface area contributed by atoms with Crippen molar-refractivity contribution in [1.82, 2.24) is 9.62 Å². The molecule has 118 valence electrons. The van der Waals surface area contributed by atoms with Crippen LogP contribution in [-0.2, 0) is 10.0 Å². The molecule has 1 N–H and O–H groups in total. The molecule has 0 spiro atoms. The average molecular weight is 312 g/mol. The third-order valence-electron chi connectivity index (χ3n) is 3.83. The first-order chi connectivity index (χ1) is 9.99. The molecule has 0 amide bonds. The largest absolute Gasteiger partial charge is 0.497 e. The monoisotopic (exact) mass is 312 g/mol. The number of likely N-dealkylation sites (tertiary alicyclic amines) is 1. The molecule has 1 fully saturated rings. The van der Waals surface area contributed by atoms with Crippen LogP contribution in [0.1, 0.15) is 30.9 Å². The molecule has 0 bridgehead atoms. The maximum atomic E-state index is 11.0. The van der Waals surface area contributed by atoms with Gasteiger partial charge >= 0.3 is 0 Å². The van der Waals surface area contributed by atoms with E-state index in [1.807, 2.05) is 12.1 Å². The van der Waals surface area contributed by atoms with E-state index in [9.17, 15) is 8.42 Å². The molecule has 21 heavy (non-hydrogen) atoms. The van der Waals surface area contributed by atoms with E-state index in [1.165, 1.54) is 18.2 Å². The molecule has 1 atom stereocenters. The lowest BCUT2D eigenvalue weighted by Gasteiger charge is -2.25. The number of benzene rings is 1. The third-order valence-corrected chi connectivity index (χ3v) is 4.56. The average Bonchev–Trinajstić information content (AvgIpc) is 2.91. The molecule has 1 aromatic carbocycles. The highest BCUT2D eigenvalue weighted by Crippen LogP contribution is 2.33. The van der Waals surface area contributed by atoms with Gasteiger partial charge in [-0.25, -0.2) is 13.1 Å². The van der Waals surface area contributed by atoms with Crippen molar-refractivity contribution in [3.63, 3.8) is 0 Å². The van der Waals surface area contributed by atoms with Crippen LogP contribution in [0.5, 0.6) is 5.75 Å². The number of rotatable bonds is 7. The molecule has 1 aliphatic heterocycles. The Hall–Kier alpha value is -1.11. The van der Waals surface area contributed by atoms with E-state index in [2.05, 4.69) is 21.8 Å². The van der Waals surface area contributed by atoms with Crippen molar-refractivity contribution in [2.45, 2.75) is 25.3 Å². The molecule has 1 saturated heterocycles. The van der Waals surface area contributed by atoms with Gasteiger partial charge in [-0.3, -0.25) is 4.90 Å². The maximum absolute atomic E-state index is 11.0. The third kappa shape index (κ3) is 4.98. The van der Waals surface area contributed by atoms with Crippen LogP contribution in [0.2, 0.25) is 0 Å². The quantitative estimate of drug-likeness (QED) is 0.780. The Morgan fingerprint density at radius 3 is 2.95 bits per heavy atom. The van der Waals surface area contributed by atoms with Gasteiger partial charge < -0.3 is 4.74 Å². The Balaban J connectivity index is 1.90. The molecular weight excluding hydrogens is 288 g/mol. The van der Waals surface area contributed by atoms with Crippen molar-refractivity contribution in [3.8, 4) is 5.75 Å². The van der Waals surface area contributed by atoms with Gasteiger partial charge in [0.15, 0.2) is 0 Å². The summed E-state index contributed by atoms with van der Waals surface area (Å²) in [6, 6.07) is 8.63. The van der Waals surface area contributed by atoms with Crippen molar-refractivity contribution in [1.29, 1.82) is 0 Å². The lowest BCUT2D eigenvalue weighted by Crippen LogP contribution is -2.29. The molecule has 1 unspecified atom stereocenters. The van der Waals surface area contributed by atoms with Gasteiger partial charge in [-0.05, 0) is 50.0 Å². The summed E-state index contributed by atoms with van der Waals surface area (Å²) in [5.41, 5.74) is 1.28. The summed E-state index contributed by atoms with van der Waals surface area (Å²) in [4.78, 5) is 2.43. The smallest absolute Gasteiger partial charge is 0.208 e. The Morgan fingerprint density at radius 2 is 2.24 bits per heavy atom. The Labute approximate surface area is 127 Å². The summed E-state index contributed by atoms with van der Waals surface area (Å²) < 4.78 is 29.9. The predicted octanol–water partition coefficient (Wildman–Crippen LogP) is 1.77. The number of nitrogens with one attached hydrogen (secondary N) is 1. The summed E-state index contributed by atoms with van der Waals surface area (Å²) in [6.45, 7) is 2.48. The number of hydrogen-bond acceptors (Lipinski definition) is 4. The minimum Gasteiger partial charge on any atom is -0.497 e. The van der Waals surface area contributed by atoms with Gasteiger partial charge in [0.25, 0.3) is 0 Å². The first kappa shape index (κ1) is 16.3. The van der Waals surface area contributed by atoms with Crippen LogP contribution in [0, 0.1) is 0 Å². The number of nitrogens with zero attached hydrogens (tertiary/aromatic N) is 1. The van der Waals surface area contributed by atoms with Crippen LogP contribution in [0.4, 0.5) is 0 Å². The van der Waals surface area contributed by atoms with Crippen molar-refractivity contribution in [2.24, 2.45) is 0 Å². The number of hydrogen-bond donors (Lipinski definition) is 1. The molecule has 2 rings (SSSR count). The maximum Gasteiger partial charge on any atom is 0.208 e. The molecule has 5 nitrogen and oxygen atoms in total. The van der Waals surface area contributed by atoms with E-state index < -0.39 is 10.0 Å².